The van der Waals surface area contributed by atoms with Gasteiger partial charge in [-0.15, -0.1) is 0 Å². The van der Waals surface area contributed by atoms with E-state index in [4.69, 9.17) is 0 Å². The Hall–Kier alpha value is -0.0500. The summed E-state index contributed by atoms with van der Waals surface area (Å²) < 4.78 is 0. The summed E-state index contributed by atoms with van der Waals surface area (Å²) in [6.45, 7) is 6.10. The van der Waals surface area contributed by atoms with Gasteiger partial charge in [0.05, 0.1) is 0 Å². The lowest BCUT2D eigenvalue weighted by Crippen LogP contribution is -2.33. The summed E-state index contributed by atoms with van der Waals surface area (Å²) in [6.07, 6.45) is 6.39. The molecule has 0 aromatic heterocycles. The van der Waals surface area contributed by atoms with Crippen molar-refractivity contribution in [2.24, 2.45) is 0 Å². The highest BCUT2D eigenvalue weighted by atomic mass is 79.9. The molecule has 0 N–H and O–H groups in total. The number of amides is 1. The molecular formula is C12H24BrNO. The van der Waals surface area contributed by atoms with Crippen LogP contribution in [0, 0.1) is 0 Å². The third-order valence-corrected chi connectivity index (χ3v) is 2.84. The van der Waals surface area contributed by atoms with E-state index in [1.807, 2.05) is 4.90 Å². The minimum absolute atomic E-state index is 0.330. The smallest absolute Gasteiger partial charge is 0.222 e. The minimum atomic E-state index is 0.330. The number of hydrogen-bond acceptors (Lipinski definition) is 1. The fourth-order valence-electron chi connectivity index (χ4n) is 1.50. The van der Waals surface area contributed by atoms with Crippen molar-refractivity contribution in [1.29, 1.82) is 0 Å². The molecule has 1 amide bonds. The molecule has 0 aliphatic rings. The lowest BCUT2D eigenvalue weighted by atomic mass is 10.2. The molecule has 0 bridgehead atoms. The first kappa shape index (κ1) is 14.9. The van der Waals surface area contributed by atoms with E-state index in [1.165, 1.54) is 12.8 Å². The Morgan fingerprint density at radius 3 is 2.27 bits per heavy atom. The number of unbranched alkanes of at least 4 members (excludes halogenated alkanes) is 3. The van der Waals surface area contributed by atoms with Crippen LogP contribution in [0.3, 0.4) is 0 Å². The number of carbonyl (C=O) groups is 1. The van der Waals surface area contributed by atoms with Gasteiger partial charge in [0.1, 0.15) is 0 Å². The Balaban J connectivity index is 3.81. The standard InChI is InChI=1S/C12H24BrNO/c1-3-5-7-8-12(15)14(11-9-13)10-6-4-2/h3-11H2,1-2H3. The van der Waals surface area contributed by atoms with Crippen molar-refractivity contribution in [3.05, 3.63) is 0 Å². The second-order valence-electron chi connectivity index (χ2n) is 3.88. The molecule has 0 spiro atoms. The van der Waals surface area contributed by atoms with Gasteiger partial charge in [-0.05, 0) is 12.8 Å². The summed E-state index contributed by atoms with van der Waals surface area (Å²) in [4.78, 5) is 13.8. The average molecular weight is 278 g/mol. The Labute approximate surface area is 103 Å². The molecule has 90 valence electrons. The quantitative estimate of drug-likeness (QED) is 0.466. The topological polar surface area (TPSA) is 20.3 Å². The van der Waals surface area contributed by atoms with Crippen LogP contribution in [0.1, 0.15) is 52.4 Å². The monoisotopic (exact) mass is 277 g/mol. The normalized spacial score (nSPS) is 10.3. The molecule has 0 radical (unpaired) electrons. The summed E-state index contributed by atoms with van der Waals surface area (Å²) in [7, 11) is 0. The molecule has 0 aromatic carbocycles. The molecule has 2 nitrogen and oxygen atoms in total. The van der Waals surface area contributed by atoms with Crippen molar-refractivity contribution in [2.75, 3.05) is 18.4 Å². The summed E-state index contributed by atoms with van der Waals surface area (Å²) in [5.74, 6) is 0.330. The maximum Gasteiger partial charge on any atom is 0.222 e. The van der Waals surface area contributed by atoms with Crippen molar-refractivity contribution in [3.63, 3.8) is 0 Å². The van der Waals surface area contributed by atoms with Crippen molar-refractivity contribution in [3.8, 4) is 0 Å². The van der Waals surface area contributed by atoms with Gasteiger partial charge < -0.3 is 4.90 Å². The van der Waals surface area contributed by atoms with Crippen LogP contribution in [0.5, 0.6) is 0 Å². The number of alkyl halides is 1. The van der Waals surface area contributed by atoms with Gasteiger partial charge in [0.2, 0.25) is 5.91 Å². The predicted molar refractivity (Wildman–Crippen MR) is 69.4 cm³/mol. The van der Waals surface area contributed by atoms with Crippen LogP contribution in [0.25, 0.3) is 0 Å². The Kier molecular flexibility index (Phi) is 10.4. The Morgan fingerprint density at radius 1 is 1.07 bits per heavy atom. The zero-order chi connectivity index (χ0) is 11.5. The second kappa shape index (κ2) is 10.5. The van der Waals surface area contributed by atoms with Crippen molar-refractivity contribution < 1.29 is 4.79 Å². The zero-order valence-electron chi connectivity index (χ0n) is 10.1. The maximum atomic E-state index is 11.8. The zero-order valence-corrected chi connectivity index (χ0v) is 11.7. The van der Waals surface area contributed by atoms with Gasteiger partial charge in [0, 0.05) is 24.8 Å². The first-order chi connectivity index (χ1) is 7.26. The fraction of sp³-hybridized carbons (Fsp3) is 0.917. The van der Waals surface area contributed by atoms with Gasteiger partial charge in [-0.25, -0.2) is 0 Å². The Morgan fingerprint density at radius 2 is 1.73 bits per heavy atom. The highest BCUT2D eigenvalue weighted by Crippen LogP contribution is 2.05. The van der Waals surface area contributed by atoms with Gasteiger partial charge in [0.15, 0.2) is 0 Å². The molecule has 0 aliphatic carbocycles. The lowest BCUT2D eigenvalue weighted by Gasteiger charge is -2.21. The third-order valence-electron chi connectivity index (χ3n) is 2.48. The first-order valence-electron chi connectivity index (χ1n) is 6.10. The highest BCUT2D eigenvalue weighted by Gasteiger charge is 2.11. The predicted octanol–water partition coefficient (Wildman–Crippen LogP) is 3.59. The molecular weight excluding hydrogens is 254 g/mol. The molecule has 0 aliphatic heterocycles. The highest BCUT2D eigenvalue weighted by molar-refractivity contribution is 9.09. The van der Waals surface area contributed by atoms with Crippen LogP contribution in [0.2, 0.25) is 0 Å². The largest absolute Gasteiger partial charge is 0.342 e. The van der Waals surface area contributed by atoms with Crippen LogP contribution in [-0.4, -0.2) is 29.2 Å². The molecule has 0 heterocycles. The molecule has 0 saturated heterocycles. The molecule has 3 heteroatoms. The van der Waals surface area contributed by atoms with E-state index in [1.54, 1.807) is 0 Å². The van der Waals surface area contributed by atoms with E-state index in [0.717, 1.165) is 44.1 Å². The second-order valence-corrected chi connectivity index (χ2v) is 4.67. The molecule has 0 rings (SSSR count). The first-order valence-corrected chi connectivity index (χ1v) is 7.22. The summed E-state index contributed by atoms with van der Waals surface area (Å²) in [5, 5.41) is 0.885. The van der Waals surface area contributed by atoms with E-state index in [0.29, 0.717) is 5.91 Å². The van der Waals surface area contributed by atoms with Gasteiger partial charge in [-0.1, -0.05) is 49.0 Å². The van der Waals surface area contributed by atoms with Gasteiger partial charge in [0.25, 0.3) is 0 Å². The lowest BCUT2D eigenvalue weighted by molar-refractivity contribution is -0.131. The van der Waals surface area contributed by atoms with Gasteiger partial charge >= 0.3 is 0 Å². The van der Waals surface area contributed by atoms with E-state index >= 15 is 0 Å². The molecule has 0 unspecified atom stereocenters. The molecule has 0 atom stereocenters. The van der Waals surface area contributed by atoms with Crippen LogP contribution >= 0.6 is 15.9 Å². The molecule has 15 heavy (non-hydrogen) atoms. The average Bonchev–Trinajstić information content (AvgIpc) is 2.24. The number of hydrogen-bond donors (Lipinski definition) is 0. The molecule has 0 fully saturated rings. The van der Waals surface area contributed by atoms with Crippen LogP contribution in [0.15, 0.2) is 0 Å². The van der Waals surface area contributed by atoms with E-state index in [-0.39, 0.29) is 0 Å². The number of halogens is 1. The summed E-state index contributed by atoms with van der Waals surface area (Å²) >= 11 is 3.40. The fourth-order valence-corrected chi connectivity index (χ4v) is 1.92. The third kappa shape index (κ3) is 7.83. The maximum absolute atomic E-state index is 11.8. The minimum Gasteiger partial charge on any atom is -0.342 e. The van der Waals surface area contributed by atoms with Crippen LogP contribution in [-0.2, 0) is 4.79 Å². The van der Waals surface area contributed by atoms with Gasteiger partial charge in [-0.3, -0.25) is 4.79 Å². The van der Waals surface area contributed by atoms with Crippen LogP contribution < -0.4 is 0 Å². The summed E-state index contributed by atoms with van der Waals surface area (Å²) in [5.41, 5.74) is 0. The molecule has 0 aromatic rings. The van der Waals surface area contributed by atoms with Crippen molar-refractivity contribution >= 4 is 21.8 Å². The van der Waals surface area contributed by atoms with E-state index < -0.39 is 0 Å². The number of carbonyl (C=O) groups excluding carboxylic acids is 1. The van der Waals surface area contributed by atoms with Gasteiger partial charge in [-0.2, -0.15) is 0 Å². The summed E-state index contributed by atoms with van der Waals surface area (Å²) in [6, 6.07) is 0. The van der Waals surface area contributed by atoms with Crippen LogP contribution in [0.4, 0.5) is 0 Å². The van der Waals surface area contributed by atoms with Crippen molar-refractivity contribution in [2.45, 2.75) is 52.4 Å². The van der Waals surface area contributed by atoms with Crippen molar-refractivity contribution in [1.82, 2.24) is 4.90 Å². The Bertz CT molecular complexity index is 162. The SMILES string of the molecule is CCCCCC(=O)N(CCBr)CCCC. The number of rotatable bonds is 9. The molecule has 0 saturated carbocycles. The van der Waals surface area contributed by atoms with E-state index in [2.05, 4.69) is 29.8 Å². The van der Waals surface area contributed by atoms with E-state index in [9.17, 15) is 4.79 Å². The number of nitrogens with zero attached hydrogens (tertiary/aromatic N) is 1.